The second kappa shape index (κ2) is 4.39. The van der Waals surface area contributed by atoms with Crippen molar-refractivity contribution in [3.63, 3.8) is 0 Å². The summed E-state index contributed by atoms with van der Waals surface area (Å²) in [6.45, 7) is -0.823. The lowest BCUT2D eigenvalue weighted by molar-refractivity contribution is -0.138. The Hall–Kier alpha value is -1.13. The van der Waals surface area contributed by atoms with Gasteiger partial charge >= 0.3 is 5.97 Å². The van der Waals surface area contributed by atoms with Gasteiger partial charge in [0.15, 0.2) is 0 Å². The molecule has 0 bridgehead atoms. The molecule has 0 aromatic heterocycles. The lowest BCUT2D eigenvalue weighted by atomic mass is 10.0. The van der Waals surface area contributed by atoms with Gasteiger partial charge in [-0.3, -0.25) is 4.79 Å². The number of carboxylic acids is 1. The number of nitrogens with two attached hydrogens (primary N) is 1. The Morgan fingerprint density at radius 2 is 2.29 bits per heavy atom. The minimum atomic E-state index is -1.24. The van der Waals surface area contributed by atoms with Crippen molar-refractivity contribution in [1.82, 2.24) is 0 Å². The number of hydrogen-bond donors (Lipinski definition) is 2. The summed E-state index contributed by atoms with van der Waals surface area (Å²) in [5.41, 5.74) is 5.72. The van der Waals surface area contributed by atoms with E-state index in [0.717, 1.165) is 0 Å². The highest BCUT2D eigenvalue weighted by Gasteiger charge is 2.19. The molecule has 1 unspecified atom stereocenters. The number of hydrogen-bond acceptors (Lipinski definition) is 2. The maximum atomic E-state index is 12.5. The summed E-state index contributed by atoms with van der Waals surface area (Å²) in [6.07, 6.45) is 0. The first kappa shape index (κ1) is 10.9. The van der Waals surface area contributed by atoms with Gasteiger partial charge in [0.2, 0.25) is 0 Å². The molecule has 1 aromatic carbocycles. The van der Waals surface area contributed by atoms with Crippen molar-refractivity contribution in [1.29, 1.82) is 0 Å². The first-order valence-electron chi connectivity index (χ1n) is 3.89. The van der Waals surface area contributed by atoms with Gasteiger partial charge in [-0.05, 0) is 11.6 Å². The van der Waals surface area contributed by atoms with E-state index in [9.17, 15) is 9.18 Å². The van der Waals surface area contributed by atoms with E-state index in [4.69, 9.17) is 22.4 Å². The van der Waals surface area contributed by atoms with Gasteiger partial charge in [0, 0.05) is 10.6 Å². The third-order valence-corrected chi connectivity index (χ3v) is 2.24. The molecule has 0 fully saturated rings. The number of halogens is 2. The van der Waals surface area contributed by atoms with Crippen molar-refractivity contribution in [3.05, 3.63) is 34.3 Å². The molecule has 0 heterocycles. The Morgan fingerprint density at radius 1 is 1.64 bits per heavy atom. The number of aliphatic carboxylic acids is 1. The molecule has 0 saturated carbocycles. The van der Waals surface area contributed by atoms with Gasteiger partial charge in [-0.15, -0.1) is 0 Å². The SMILES string of the molecule is NC(C(=O)O)c1cccc(Cl)c1CF. The number of alkyl halides is 1. The van der Waals surface area contributed by atoms with Gasteiger partial charge < -0.3 is 10.8 Å². The molecule has 0 aliphatic carbocycles. The number of benzene rings is 1. The molecule has 14 heavy (non-hydrogen) atoms. The van der Waals surface area contributed by atoms with Crippen LogP contribution >= 0.6 is 11.6 Å². The molecule has 0 radical (unpaired) electrons. The van der Waals surface area contributed by atoms with Gasteiger partial charge in [-0.25, -0.2) is 4.39 Å². The minimum Gasteiger partial charge on any atom is -0.480 e. The monoisotopic (exact) mass is 217 g/mol. The first-order valence-corrected chi connectivity index (χ1v) is 4.27. The zero-order chi connectivity index (χ0) is 10.7. The molecule has 5 heteroatoms. The molecule has 0 spiro atoms. The van der Waals surface area contributed by atoms with Crippen LogP contribution in [0.5, 0.6) is 0 Å². The number of carbonyl (C=O) groups is 1. The lowest BCUT2D eigenvalue weighted by Crippen LogP contribution is -2.22. The van der Waals surface area contributed by atoms with Crippen LogP contribution in [0.15, 0.2) is 18.2 Å². The van der Waals surface area contributed by atoms with Crippen molar-refractivity contribution < 1.29 is 14.3 Å². The highest BCUT2D eigenvalue weighted by atomic mass is 35.5. The normalized spacial score (nSPS) is 12.5. The molecule has 3 N–H and O–H groups in total. The fraction of sp³-hybridized carbons (Fsp3) is 0.222. The number of rotatable bonds is 3. The van der Waals surface area contributed by atoms with E-state index in [1.165, 1.54) is 12.1 Å². The first-order chi connectivity index (χ1) is 6.57. The Kier molecular flexibility index (Phi) is 3.43. The maximum Gasteiger partial charge on any atom is 0.325 e. The summed E-state index contributed by atoms with van der Waals surface area (Å²) in [4.78, 5) is 10.6. The third-order valence-electron chi connectivity index (χ3n) is 1.89. The second-order valence-corrected chi connectivity index (χ2v) is 3.16. The van der Waals surface area contributed by atoms with E-state index < -0.39 is 18.7 Å². The van der Waals surface area contributed by atoms with Crippen LogP contribution in [0.3, 0.4) is 0 Å². The molecule has 1 rings (SSSR count). The van der Waals surface area contributed by atoms with E-state index in [0.29, 0.717) is 0 Å². The molecular weight excluding hydrogens is 209 g/mol. The maximum absolute atomic E-state index is 12.5. The van der Waals surface area contributed by atoms with Crippen molar-refractivity contribution in [3.8, 4) is 0 Å². The van der Waals surface area contributed by atoms with E-state index in [2.05, 4.69) is 0 Å². The van der Waals surface area contributed by atoms with Gasteiger partial charge in [0.25, 0.3) is 0 Å². The summed E-state index contributed by atoms with van der Waals surface area (Å²) >= 11 is 5.69. The molecular formula is C9H9ClFNO2. The summed E-state index contributed by atoms with van der Waals surface area (Å²) < 4.78 is 12.5. The highest BCUT2D eigenvalue weighted by Crippen LogP contribution is 2.25. The van der Waals surface area contributed by atoms with Gasteiger partial charge in [0.1, 0.15) is 12.7 Å². The van der Waals surface area contributed by atoms with Crippen molar-refractivity contribution in [2.45, 2.75) is 12.7 Å². The van der Waals surface area contributed by atoms with Crippen LogP contribution in [0.1, 0.15) is 17.2 Å². The summed E-state index contributed by atoms with van der Waals surface area (Å²) in [5, 5.41) is 8.85. The van der Waals surface area contributed by atoms with Crippen LogP contribution in [0.4, 0.5) is 4.39 Å². The van der Waals surface area contributed by atoms with E-state index in [1.54, 1.807) is 6.07 Å². The van der Waals surface area contributed by atoms with Crippen LogP contribution in [0.25, 0.3) is 0 Å². The average molecular weight is 218 g/mol. The van der Waals surface area contributed by atoms with Crippen LogP contribution < -0.4 is 5.73 Å². The molecule has 0 saturated heterocycles. The molecule has 0 aliphatic heterocycles. The Bertz CT molecular complexity index is 357. The smallest absolute Gasteiger partial charge is 0.325 e. The Balaban J connectivity index is 3.20. The van der Waals surface area contributed by atoms with Gasteiger partial charge in [0.05, 0.1) is 0 Å². The Morgan fingerprint density at radius 3 is 2.79 bits per heavy atom. The Labute approximate surface area is 85.3 Å². The van der Waals surface area contributed by atoms with Crippen molar-refractivity contribution in [2.24, 2.45) is 5.73 Å². The van der Waals surface area contributed by atoms with Gasteiger partial charge in [-0.1, -0.05) is 23.7 Å². The summed E-state index contributed by atoms with van der Waals surface area (Å²) in [7, 11) is 0. The lowest BCUT2D eigenvalue weighted by Gasteiger charge is -2.11. The zero-order valence-electron chi connectivity index (χ0n) is 7.21. The second-order valence-electron chi connectivity index (χ2n) is 2.76. The standard InChI is InChI=1S/C9H9ClFNO2/c10-7-3-1-2-5(6(7)4-11)8(12)9(13)14/h1-3,8H,4,12H2,(H,13,14). The van der Waals surface area contributed by atoms with Crippen LogP contribution in [-0.2, 0) is 11.5 Å². The summed E-state index contributed by atoms with van der Waals surface area (Å²) in [6, 6.07) is 3.26. The topological polar surface area (TPSA) is 63.3 Å². The molecule has 76 valence electrons. The molecule has 3 nitrogen and oxygen atoms in total. The van der Waals surface area contributed by atoms with Crippen LogP contribution in [-0.4, -0.2) is 11.1 Å². The fourth-order valence-corrected chi connectivity index (χ4v) is 1.37. The third kappa shape index (κ3) is 2.02. The zero-order valence-corrected chi connectivity index (χ0v) is 7.96. The largest absolute Gasteiger partial charge is 0.480 e. The molecule has 0 aliphatic rings. The number of carboxylic acid groups (broad SMARTS) is 1. The van der Waals surface area contributed by atoms with E-state index in [1.807, 2.05) is 0 Å². The van der Waals surface area contributed by atoms with Crippen molar-refractivity contribution in [2.75, 3.05) is 0 Å². The predicted molar refractivity (Wildman–Crippen MR) is 50.8 cm³/mol. The quantitative estimate of drug-likeness (QED) is 0.813. The van der Waals surface area contributed by atoms with Crippen molar-refractivity contribution >= 4 is 17.6 Å². The summed E-state index contributed by atoms with van der Waals surface area (Å²) in [5.74, 6) is -1.21. The highest BCUT2D eigenvalue weighted by molar-refractivity contribution is 6.31. The molecule has 1 aromatic rings. The van der Waals surface area contributed by atoms with Crippen LogP contribution in [0, 0.1) is 0 Å². The predicted octanol–water partition coefficient (Wildman–Crippen LogP) is 1.89. The average Bonchev–Trinajstić information content (AvgIpc) is 2.16. The van der Waals surface area contributed by atoms with Crippen LogP contribution in [0.2, 0.25) is 5.02 Å². The molecule has 1 atom stereocenters. The molecule has 0 amide bonds. The van der Waals surface area contributed by atoms with E-state index >= 15 is 0 Å². The fourth-order valence-electron chi connectivity index (χ4n) is 1.14. The van der Waals surface area contributed by atoms with E-state index in [-0.39, 0.29) is 16.1 Å². The van der Waals surface area contributed by atoms with Gasteiger partial charge in [-0.2, -0.15) is 0 Å². The minimum absolute atomic E-state index is 0.143.